The van der Waals surface area contributed by atoms with Crippen LogP contribution in [0, 0.1) is 13.8 Å². The van der Waals surface area contributed by atoms with E-state index >= 15 is 0 Å². The minimum Gasteiger partial charge on any atom is -0.454 e. The van der Waals surface area contributed by atoms with Crippen molar-refractivity contribution >= 4 is 16.9 Å². The number of fused-ring (bicyclic) bond motifs is 2. The summed E-state index contributed by atoms with van der Waals surface area (Å²) in [6, 6.07) is 16.4. The monoisotopic (exact) mass is 483 g/mol. The number of carbonyl (C=O) groups excluding carboxylic acids is 1. The van der Waals surface area contributed by atoms with Crippen molar-refractivity contribution in [3.8, 4) is 11.5 Å². The molecule has 1 amide bonds. The highest BCUT2D eigenvalue weighted by molar-refractivity contribution is 6.05. The van der Waals surface area contributed by atoms with Gasteiger partial charge < -0.3 is 14.4 Å². The summed E-state index contributed by atoms with van der Waals surface area (Å²) >= 11 is 0. The van der Waals surface area contributed by atoms with Gasteiger partial charge >= 0.3 is 0 Å². The Kier molecular flexibility index (Phi) is 5.81. The summed E-state index contributed by atoms with van der Waals surface area (Å²) < 4.78 is 12.8. The van der Waals surface area contributed by atoms with Crippen molar-refractivity contribution in [1.82, 2.24) is 24.6 Å². The van der Waals surface area contributed by atoms with Gasteiger partial charge in [-0.3, -0.25) is 9.69 Å². The van der Waals surface area contributed by atoms with Crippen molar-refractivity contribution in [2.45, 2.75) is 26.9 Å². The lowest BCUT2D eigenvalue weighted by Gasteiger charge is -2.35. The van der Waals surface area contributed by atoms with Crippen LogP contribution in [-0.2, 0) is 13.1 Å². The second kappa shape index (κ2) is 9.28. The summed E-state index contributed by atoms with van der Waals surface area (Å²) in [5.41, 5.74) is 5.81. The highest BCUT2D eigenvalue weighted by Gasteiger charge is 2.25. The number of benzene rings is 2. The topological polar surface area (TPSA) is 72.7 Å². The van der Waals surface area contributed by atoms with Crippen LogP contribution in [0.1, 0.15) is 32.7 Å². The lowest BCUT2D eigenvalue weighted by atomic mass is 10.1. The Bertz CT molecular complexity index is 1420. The first kappa shape index (κ1) is 22.5. The van der Waals surface area contributed by atoms with Crippen LogP contribution in [0.4, 0.5) is 0 Å². The van der Waals surface area contributed by atoms with Crippen molar-refractivity contribution < 1.29 is 14.3 Å². The zero-order valence-electron chi connectivity index (χ0n) is 20.6. The maximum Gasteiger partial charge on any atom is 0.254 e. The molecule has 2 aliphatic rings. The molecule has 8 heteroatoms. The Morgan fingerprint density at radius 2 is 1.64 bits per heavy atom. The minimum atomic E-state index is 0.0446. The third-order valence-corrected chi connectivity index (χ3v) is 6.92. The molecule has 4 heterocycles. The molecule has 2 aliphatic heterocycles. The summed E-state index contributed by atoms with van der Waals surface area (Å²) in [6.07, 6.45) is 1.78. The molecule has 1 saturated heterocycles. The molecule has 8 nitrogen and oxygen atoms in total. The Labute approximate surface area is 210 Å². The number of carbonyl (C=O) groups is 1. The van der Waals surface area contributed by atoms with E-state index in [1.807, 2.05) is 34.7 Å². The van der Waals surface area contributed by atoms with Gasteiger partial charge in [-0.1, -0.05) is 35.9 Å². The lowest BCUT2D eigenvalue weighted by molar-refractivity contribution is 0.0630. The first-order chi connectivity index (χ1) is 17.5. The quantitative estimate of drug-likeness (QED) is 0.430. The second-order valence-corrected chi connectivity index (χ2v) is 9.59. The highest BCUT2D eigenvalue weighted by atomic mass is 16.7. The third-order valence-electron chi connectivity index (χ3n) is 6.92. The summed E-state index contributed by atoms with van der Waals surface area (Å²) in [5, 5.41) is 5.39. The van der Waals surface area contributed by atoms with E-state index in [0.29, 0.717) is 25.2 Å². The van der Waals surface area contributed by atoms with Crippen LogP contribution in [0.5, 0.6) is 11.5 Å². The third kappa shape index (κ3) is 4.40. The maximum absolute atomic E-state index is 13.6. The molecule has 2 aromatic heterocycles. The van der Waals surface area contributed by atoms with Crippen LogP contribution in [0.15, 0.2) is 54.7 Å². The van der Waals surface area contributed by atoms with Gasteiger partial charge in [-0.05, 0) is 43.2 Å². The van der Waals surface area contributed by atoms with Gasteiger partial charge in [0, 0.05) is 38.4 Å². The van der Waals surface area contributed by atoms with E-state index in [9.17, 15) is 4.79 Å². The Hall–Kier alpha value is -3.91. The predicted octanol–water partition coefficient (Wildman–Crippen LogP) is 3.78. The van der Waals surface area contributed by atoms with Gasteiger partial charge in [-0.15, -0.1) is 0 Å². The molecule has 0 saturated carbocycles. The molecule has 1 fully saturated rings. The summed E-state index contributed by atoms with van der Waals surface area (Å²) in [5.74, 6) is 1.65. The van der Waals surface area contributed by atoms with Crippen LogP contribution >= 0.6 is 0 Å². The second-order valence-electron chi connectivity index (χ2n) is 9.59. The van der Waals surface area contributed by atoms with E-state index in [2.05, 4.69) is 47.3 Å². The largest absolute Gasteiger partial charge is 0.454 e. The molecular weight excluding hydrogens is 454 g/mol. The number of piperazine rings is 1. The number of nitrogens with zero attached hydrogens (tertiary/aromatic N) is 5. The van der Waals surface area contributed by atoms with Crippen LogP contribution < -0.4 is 9.47 Å². The van der Waals surface area contributed by atoms with Gasteiger partial charge in [0.15, 0.2) is 17.1 Å². The van der Waals surface area contributed by atoms with Crippen LogP contribution in [0.25, 0.3) is 11.0 Å². The predicted molar refractivity (Wildman–Crippen MR) is 136 cm³/mol. The van der Waals surface area contributed by atoms with E-state index < -0.39 is 0 Å². The number of aromatic nitrogens is 3. The molecule has 0 spiro atoms. The lowest BCUT2D eigenvalue weighted by Crippen LogP contribution is -2.48. The smallest absolute Gasteiger partial charge is 0.254 e. The van der Waals surface area contributed by atoms with E-state index in [1.165, 1.54) is 11.1 Å². The van der Waals surface area contributed by atoms with Crippen molar-refractivity contribution in [2.24, 2.45) is 0 Å². The van der Waals surface area contributed by atoms with Gasteiger partial charge in [0.25, 0.3) is 5.91 Å². The van der Waals surface area contributed by atoms with Crippen molar-refractivity contribution in [3.63, 3.8) is 0 Å². The molecule has 0 bridgehead atoms. The molecule has 2 aromatic carbocycles. The average Bonchev–Trinajstić information content (AvgIpc) is 3.52. The molecule has 4 aromatic rings. The highest BCUT2D eigenvalue weighted by Crippen LogP contribution is 2.33. The molecule has 0 radical (unpaired) electrons. The number of aryl methyl sites for hydroxylation is 2. The minimum absolute atomic E-state index is 0.0446. The first-order valence-corrected chi connectivity index (χ1v) is 12.3. The standard InChI is InChI=1S/C28H29N5O3/c1-19-3-5-21(6-4-19)17-33-27-24(15-29-33)23(13-20(2)30-27)28(34)32-11-9-31(10-12-32)16-22-7-8-25-26(14-22)36-18-35-25/h3-8,13-15H,9-12,16-18H2,1-2H3. The summed E-state index contributed by atoms with van der Waals surface area (Å²) in [7, 11) is 0. The summed E-state index contributed by atoms with van der Waals surface area (Å²) in [4.78, 5) is 22.6. The molecule has 0 atom stereocenters. The maximum atomic E-state index is 13.6. The van der Waals surface area contributed by atoms with Crippen molar-refractivity contribution in [2.75, 3.05) is 33.0 Å². The molecule has 0 aliphatic carbocycles. The Balaban J connectivity index is 1.15. The number of ether oxygens (including phenoxy) is 2. The van der Waals surface area contributed by atoms with E-state index in [1.54, 1.807) is 6.20 Å². The fraction of sp³-hybridized carbons (Fsp3) is 0.321. The van der Waals surface area contributed by atoms with Gasteiger partial charge in [0.2, 0.25) is 6.79 Å². The SMILES string of the molecule is Cc1ccc(Cn2ncc3c(C(=O)N4CCN(Cc5ccc6c(c5)OCO6)CC4)cc(C)nc32)cc1. The molecule has 36 heavy (non-hydrogen) atoms. The fourth-order valence-corrected chi connectivity index (χ4v) is 4.91. The average molecular weight is 484 g/mol. The Morgan fingerprint density at radius 3 is 2.44 bits per heavy atom. The number of pyridine rings is 1. The number of hydrogen-bond acceptors (Lipinski definition) is 6. The zero-order chi connectivity index (χ0) is 24.6. The normalized spacial score (nSPS) is 15.6. The van der Waals surface area contributed by atoms with Gasteiger partial charge in [0.05, 0.1) is 23.7 Å². The summed E-state index contributed by atoms with van der Waals surface area (Å²) in [6.45, 7) is 8.74. The van der Waals surface area contributed by atoms with E-state index in [0.717, 1.165) is 53.4 Å². The van der Waals surface area contributed by atoms with E-state index in [4.69, 9.17) is 14.5 Å². The molecule has 184 valence electrons. The van der Waals surface area contributed by atoms with Crippen molar-refractivity contribution in [1.29, 1.82) is 0 Å². The van der Waals surface area contributed by atoms with Gasteiger partial charge in [-0.25, -0.2) is 9.67 Å². The molecule has 0 unspecified atom stereocenters. The number of hydrogen-bond donors (Lipinski definition) is 0. The zero-order valence-corrected chi connectivity index (χ0v) is 20.6. The van der Waals surface area contributed by atoms with Crippen molar-refractivity contribution in [3.05, 3.63) is 82.7 Å². The molecule has 6 rings (SSSR count). The Morgan fingerprint density at radius 1 is 0.889 bits per heavy atom. The first-order valence-electron chi connectivity index (χ1n) is 12.3. The molecule has 0 N–H and O–H groups in total. The fourth-order valence-electron chi connectivity index (χ4n) is 4.91. The molecular formula is C28H29N5O3. The van der Waals surface area contributed by atoms with Crippen LogP contribution in [-0.4, -0.2) is 63.4 Å². The van der Waals surface area contributed by atoms with E-state index in [-0.39, 0.29) is 12.7 Å². The number of rotatable bonds is 5. The van der Waals surface area contributed by atoms with Crippen LogP contribution in [0.2, 0.25) is 0 Å². The van der Waals surface area contributed by atoms with Gasteiger partial charge in [-0.2, -0.15) is 5.10 Å². The van der Waals surface area contributed by atoms with Gasteiger partial charge in [0.1, 0.15) is 0 Å². The van der Waals surface area contributed by atoms with Crippen LogP contribution in [0.3, 0.4) is 0 Å². The number of amides is 1.